The van der Waals surface area contributed by atoms with Crippen molar-refractivity contribution >= 4 is 10.9 Å². The molecule has 2 fully saturated rings. The van der Waals surface area contributed by atoms with Crippen molar-refractivity contribution in [3.8, 4) is 6.07 Å². The molecule has 4 rings (SSSR count). The van der Waals surface area contributed by atoms with Crippen LogP contribution in [0.25, 0.3) is 10.9 Å². The summed E-state index contributed by atoms with van der Waals surface area (Å²) in [6.45, 7) is 3.48. The Balaban J connectivity index is 1.99. The summed E-state index contributed by atoms with van der Waals surface area (Å²) in [5, 5.41) is 10.9. The fourth-order valence-corrected chi connectivity index (χ4v) is 3.68. The first-order valence-electron chi connectivity index (χ1n) is 6.79. The third-order valence-corrected chi connectivity index (χ3v) is 4.95. The second-order valence-electron chi connectivity index (χ2n) is 5.94. The zero-order chi connectivity index (χ0) is 13.1. The van der Waals surface area contributed by atoms with E-state index in [9.17, 15) is 5.26 Å². The molecule has 0 atom stereocenters. The van der Waals surface area contributed by atoms with Crippen molar-refractivity contribution in [2.24, 2.45) is 5.41 Å². The number of H-pyrrole nitrogens is 1. The van der Waals surface area contributed by atoms with E-state index in [2.05, 4.69) is 36.2 Å². The lowest BCUT2D eigenvalue weighted by Crippen LogP contribution is -2.53. The molecular weight excluding hydrogens is 236 g/mol. The molecule has 0 bridgehead atoms. The van der Waals surface area contributed by atoms with E-state index in [4.69, 9.17) is 4.74 Å². The highest BCUT2D eigenvalue weighted by Gasteiger charge is 2.65. The van der Waals surface area contributed by atoms with Gasteiger partial charge in [-0.1, -0.05) is 18.2 Å². The van der Waals surface area contributed by atoms with Gasteiger partial charge in [-0.2, -0.15) is 5.26 Å². The van der Waals surface area contributed by atoms with E-state index in [1.54, 1.807) is 0 Å². The number of aryl methyl sites for hydroxylation is 1. The minimum Gasteiger partial charge on any atom is -0.379 e. The molecular formula is C16H16N2O. The number of nitrogens with one attached hydrogen (secondary N) is 1. The van der Waals surface area contributed by atoms with Gasteiger partial charge in [0.2, 0.25) is 0 Å². The molecule has 0 amide bonds. The first-order valence-corrected chi connectivity index (χ1v) is 6.79. The molecule has 1 N–H and O–H groups in total. The van der Waals surface area contributed by atoms with Crippen LogP contribution in [0.15, 0.2) is 24.3 Å². The van der Waals surface area contributed by atoms with Crippen LogP contribution in [0.3, 0.4) is 0 Å². The lowest BCUT2D eigenvalue weighted by atomic mass is 9.66. The molecule has 96 valence electrons. The first kappa shape index (κ1) is 11.1. The van der Waals surface area contributed by atoms with Crippen LogP contribution in [0.5, 0.6) is 0 Å². The summed E-state index contributed by atoms with van der Waals surface area (Å²) in [6.07, 6.45) is 2.01. The minimum atomic E-state index is -0.193. The van der Waals surface area contributed by atoms with Crippen LogP contribution >= 0.6 is 0 Å². The summed E-state index contributed by atoms with van der Waals surface area (Å²) in [4.78, 5) is 3.46. The fraction of sp³-hybridized carbons (Fsp3) is 0.438. The van der Waals surface area contributed by atoms with Crippen molar-refractivity contribution in [3.05, 3.63) is 35.5 Å². The molecule has 19 heavy (non-hydrogen) atoms. The first-order chi connectivity index (χ1) is 9.22. The highest BCUT2D eigenvalue weighted by Crippen LogP contribution is 2.63. The normalized spacial score (nSPS) is 22.7. The summed E-state index contributed by atoms with van der Waals surface area (Å²) in [7, 11) is 0. The van der Waals surface area contributed by atoms with Gasteiger partial charge in [0.1, 0.15) is 0 Å². The summed E-state index contributed by atoms with van der Waals surface area (Å²) >= 11 is 0. The number of aromatic nitrogens is 1. The van der Waals surface area contributed by atoms with Gasteiger partial charge in [0.15, 0.2) is 0 Å². The maximum atomic E-state index is 9.60. The Hall–Kier alpha value is -1.79. The van der Waals surface area contributed by atoms with Crippen LogP contribution in [0.4, 0.5) is 0 Å². The number of hydrogen-bond donors (Lipinski definition) is 1. The van der Waals surface area contributed by atoms with E-state index in [0.717, 1.165) is 18.4 Å². The number of nitriles is 1. The van der Waals surface area contributed by atoms with Crippen molar-refractivity contribution in [3.63, 3.8) is 0 Å². The Morgan fingerprint density at radius 1 is 1.26 bits per heavy atom. The van der Waals surface area contributed by atoms with E-state index in [0.29, 0.717) is 13.2 Å². The fourth-order valence-electron chi connectivity index (χ4n) is 3.68. The lowest BCUT2D eigenvalue weighted by Gasteiger charge is -2.45. The highest BCUT2D eigenvalue weighted by atomic mass is 16.5. The van der Waals surface area contributed by atoms with Crippen molar-refractivity contribution in [1.82, 2.24) is 4.98 Å². The SMILES string of the molecule is Cc1[nH]c2ccccc2c1C1(C2(C#N)CC2)COC1. The Labute approximate surface area is 112 Å². The molecule has 1 aliphatic heterocycles. The van der Waals surface area contributed by atoms with Crippen LogP contribution in [-0.2, 0) is 10.2 Å². The van der Waals surface area contributed by atoms with Gasteiger partial charge in [-0.05, 0) is 31.4 Å². The number of aromatic amines is 1. The van der Waals surface area contributed by atoms with Crippen molar-refractivity contribution < 1.29 is 4.74 Å². The Kier molecular flexibility index (Phi) is 1.98. The maximum absolute atomic E-state index is 9.60. The Bertz CT molecular complexity index is 699. The zero-order valence-electron chi connectivity index (χ0n) is 11.0. The molecule has 0 spiro atoms. The highest BCUT2D eigenvalue weighted by molar-refractivity contribution is 5.86. The molecule has 1 aliphatic carbocycles. The van der Waals surface area contributed by atoms with Gasteiger partial charge in [0, 0.05) is 16.6 Å². The predicted molar refractivity (Wildman–Crippen MR) is 72.8 cm³/mol. The number of benzene rings is 1. The number of ether oxygens (including phenoxy) is 1. The molecule has 3 heteroatoms. The second-order valence-corrected chi connectivity index (χ2v) is 5.94. The summed E-state index contributed by atoms with van der Waals surface area (Å²) in [5.41, 5.74) is 3.38. The van der Waals surface area contributed by atoms with Gasteiger partial charge in [-0.3, -0.25) is 0 Å². The standard InChI is InChI=1S/C16H16N2O/c1-11-14(12-4-2-3-5-13(12)18-11)16(9-19-10-16)15(8-17)6-7-15/h2-5,18H,6-7,9-10H2,1H3. The van der Waals surface area contributed by atoms with E-state index in [1.807, 2.05) is 6.07 Å². The summed E-state index contributed by atoms with van der Waals surface area (Å²) < 4.78 is 5.53. The van der Waals surface area contributed by atoms with Gasteiger partial charge in [-0.15, -0.1) is 0 Å². The molecule has 2 heterocycles. The van der Waals surface area contributed by atoms with E-state index < -0.39 is 0 Å². The van der Waals surface area contributed by atoms with Gasteiger partial charge in [0.05, 0.1) is 30.1 Å². The third kappa shape index (κ3) is 1.20. The molecule has 2 aliphatic rings. The van der Waals surface area contributed by atoms with Crippen molar-refractivity contribution in [1.29, 1.82) is 5.26 Å². The molecule has 1 saturated heterocycles. The van der Waals surface area contributed by atoms with Crippen LogP contribution in [0, 0.1) is 23.7 Å². The van der Waals surface area contributed by atoms with Gasteiger partial charge >= 0.3 is 0 Å². The largest absolute Gasteiger partial charge is 0.379 e. The number of rotatable bonds is 2. The molecule has 3 nitrogen and oxygen atoms in total. The monoisotopic (exact) mass is 252 g/mol. The summed E-state index contributed by atoms with van der Waals surface area (Å²) in [6, 6.07) is 11.0. The van der Waals surface area contributed by atoms with E-state index in [1.165, 1.54) is 16.6 Å². The lowest BCUT2D eigenvalue weighted by molar-refractivity contribution is -0.0862. The predicted octanol–water partition coefficient (Wildman–Crippen LogP) is 3.05. The van der Waals surface area contributed by atoms with Gasteiger partial charge in [-0.25, -0.2) is 0 Å². The second kappa shape index (κ2) is 3.40. The van der Waals surface area contributed by atoms with Crippen LogP contribution in [-0.4, -0.2) is 18.2 Å². The number of nitrogens with zero attached hydrogens (tertiary/aromatic N) is 1. The maximum Gasteiger partial charge on any atom is 0.0717 e. The van der Waals surface area contributed by atoms with Crippen molar-refractivity contribution in [2.45, 2.75) is 25.2 Å². The number of para-hydroxylation sites is 1. The Morgan fingerprint density at radius 2 is 2.00 bits per heavy atom. The van der Waals surface area contributed by atoms with Gasteiger partial charge in [0.25, 0.3) is 0 Å². The summed E-state index contributed by atoms with van der Waals surface area (Å²) in [5.74, 6) is 0. The third-order valence-electron chi connectivity index (χ3n) is 4.95. The average Bonchev–Trinajstić information content (AvgIpc) is 3.09. The van der Waals surface area contributed by atoms with E-state index >= 15 is 0 Å². The zero-order valence-corrected chi connectivity index (χ0v) is 11.0. The number of hydrogen-bond acceptors (Lipinski definition) is 2. The topological polar surface area (TPSA) is 48.8 Å². The minimum absolute atomic E-state index is 0.0918. The molecule has 0 radical (unpaired) electrons. The molecule has 1 aromatic carbocycles. The van der Waals surface area contributed by atoms with E-state index in [-0.39, 0.29) is 10.8 Å². The smallest absolute Gasteiger partial charge is 0.0717 e. The molecule has 0 unspecified atom stereocenters. The van der Waals surface area contributed by atoms with Crippen LogP contribution < -0.4 is 0 Å². The Morgan fingerprint density at radius 3 is 2.58 bits per heavy atom. The number of fused-ring (bicyclic) bond motifs is 1. The van der Waals surface area contributed by atoms with Crippen LogP contribution in [0.1, 0.15) is 24.1 Å². The quantitative estimate of drug-likeness (QED) is 0.893. The van der Waals surface area contributed by atoms with Gasteiger partial charge < -0.3 is 9.72 Å². The van der Waals surface area contributed by atoms with Crippen molar-refractivity contribution in [2.75, 3.05) is 13.2 Å². The average molecular weight is 252 g/mol. The molecule has 1 aromatic heterocycles. The van der Waals surface area contributed by atoms with Crippen LogP contribution in [0.2, 0.25) is 0 Å². The molecule has 1 saturated carbocycles. The molecule has 2 aromatic rings.